The van der Waals surface area contributed by atoms with Gasteiger partial charge in [-0.25, -0.2) is 14.3 Å². The van der Waals surface area contributed by atoms with Crippen molar-refractivity contribution in [3.05, 3.63) is 28.1 Å². The fourth-order valence-electron chi connectivity index (χ4n) is 1.14. The van der Waals surface area contributed by atoms with Crippen molar-refractivity contribution in [2.24, 2.45) is 0 Å². The Morgan fingerprint density at radius 3 is 3.00 bits per heavy atom. The summed E-state index contributed by atoms with van der Waals surface area (Å²) in [5, 5.41) is 12.7. The van der Waals surface area contributed by atoms with Crippen LogP contribution in [0.3, 0.4) is 0 Å². The van der Waals surface area contributed by atoms with Gasteiger partial charge in [-0.3, -0.25) is 0 Å². The van der Waals surface area contributed by atoms with Crippen molar-refractivity contribution in [3.63, 3.8) is 0 Å². The van der Waals surface area contributed by atoms with Crippen molar-refractivity contribution in [1.82, 2.24) is 14.6 Å². The van der Waals surface area contributed by atoms with E-state index in [0.717, 1.165) is 5.56 Å². The second kappa shape index (κ2) is 3.06. The van der Waals surface area contributed by atoms with Crippen molar-refractivity contribution in [2.45, 2.75) is 6.92 Å². The average molecular weight is 256 g/mol. The van der Waals surface area contributed by atoms with Crippen LogP contribution in [0, 0.1) is 6.92 Å². The SMILES string of the molecule is Cc1cnc2c(Br)c(C(=O)O)nn2c1. The zero-order chi connectivity index (χ0) is 10.3. The van der Waals surface area contributed by atoms with Gasteiger partial charge in [0.25, 0.3) is 0 Å². The summed E-state index contributed by atoms with van der Waals surface area (Å²) in [5.74, 6) is -1.07. The van der Waals surface area contributed by atoms with Crippen LogP contribution in [0.5, 0.6) is 0 Å². The topological polar surface area (TPSA) is 67.5 Å². The van der Waals surface area contributed by atoms with Crippen molar-refractivity contribution >= 4 is 27.5 Å². The Kier molecular flexibility index (Phi) is 1.99. The van der Waals surface area contributed by atoms with Gasteiger partial charge < -0.3 is 5.11 Å². The van der Waals surface area contributed by atoms with E-state index < -0.39 is 5.97 Å². The maximum Gasteiger partial charge on any atom is 0.357 e. The number of nitrogens with zero attached hydrogens (tertiary/aromatic N) is 3. The molecule has 0 aromatic carbocycles. The predicted molar refractivity (Wildman–Crippen MR) is 52.4 cm³/mol. The van der Waals surface area contributed by atoms with Crippen LogP contribution in [-0.2, 0) is 0 Å². The van der Waals surface area contributed by atoms with Crippen LogP contribution in [0.25, 0.3) is 5.65 Å². The van der Waals surface area contributed by atoms with Gasteiger partial charge in [-0.2, -0.15) is 5.10 Å². The second-order valence-electron chi connectivity index (χ2n) is 2.87. The number of carboxylic acids is 1. The van der Waals surface area contributed by atoms with Gasteiger partial charge in [-0.15, -0.1) is 0 Å². The molecular formula is C8H6BrN3O2. The minimum atomic E-state index is -1.07. The molecule has 0 unspecified atom stereocenters. The first-order chi connectivity index (χ1) is 6.59. The summed E-state index contributed by atoms with van der Waals surface area (Å²) in [6.45, 7) is 1.86. The largest absolute Gasteiger partial charge is 0.476 e. The van der Waals surface area contributed by atoms with Crippen molar-refractivity contribution < 1.29 is 9.90 Å². The summed E-state index contributed by atoms with van der Waals surface area (Å²) >= 11 is 3.15. The number of carboxylic acid groups (broad SMARTS) is 1. The van der Waals surface area contributed by atoms with Crippen LogP contribution in [-0.4, -0.2) is 25.7 Å². The van der Waals surface area contributed by atoms with Crippen LogP contribution in [0.1, 0.15) is 16.1 Å². The van der Waals surface area contributed by atoms with Gasteiger partial charge in [0.1, 0.15) is 0 Å². The van der Waals surface area contributed by atoms with Gasteiger partial charge in [0.15, 0.2) is 11.3 Å². The van der Waals surface area contributed by atoms with E-state index in [1.54, 1.807) is 12.4 Å². The Morgan fingerprint density at radius 2 is 2.36 bits per heavy atom. The lowest BCUT2D eigenvalue weighted by molar-refractivity contribution is 0.0689. The molecular weight excluding hydrogens is 250 g/mol. The molecule has 6 heteroatoms. The first-order valence-corrected chi connectivity index (χ1v) is 4.62. The molecule has 0 fully saturated rings. The zero-order valence-corrected chi connectivity index (χ0v) is 8.82. The molecule has 0 aliphatic carbocycles. The lowest BCUT2D eigenvalue weighted by Gasteiger charge is -1.92. The number of carbonyl (C=O) groups is 1. The van der Waals surface area contributed by atoms with E-state index in [0.29, 0.717) is 10.1 Å². The molecule has 72 valence electrons. The monoisotopic (exact) mass is 255 g/mol. The summed E-state index contributed by atoms with van der Waals surface area (Å²) in [6, 6.07) is 0. The number of aromatic nitrogens is 3. The van der Waals surface area contributed by atoms with Gasteiger partial charge in [-0.1, -0.05) is 0 Å². The first kappa shape index (κ1) is 9.14. The maximum absolute atomic E-state index is 10.7. The Labute approximate surface area is 87.5 Å². The fourth-order valence-corrected chi connectivity index (χ4v) is 1.67. The predicted octanol–water partition coefficient (Wildman–Crippen LogP) is 1.50. The standard InChI is InChI=1S/C8H6BrN3O2/c1-4-2-10-7-5(9)6(8(13)14)11-12(7)3-4/h2-3H,1H3,(H,13,14). The van der Waals surface area contributed by atoms with Gasteiger partial charge in [-0.05, 0) is 28.4 Å². The van der Waals surface area contributed by atoms with Crippen LogP contribution in [0.2, 0.25) is 0 Å². The number of hydrogen-bond donors (Lipinski definition) is 1. The Bertz CT molecular complexity index is 521. The highest BCUT2D eigenvalue weighted by molar-refractivity contribution is 9.10. The third-order valence-corrected chi connectivity index (χ3v) is 2.48. The van der Waals surface area contributed by atoms with Gasteiger partial charge in [0.2, 0.25) is 0 Å². The summed E-state index contributed by atoms with van der Waals surface area (Å²) in [5.41, 5.74) is 1.40. The molecule has 2 heterocycles. The first-order valence-electron chi connectivity index (χ1n) is 3.83. The summed E-state index contributed by atoms with van der Waals surface area (Å²) in [7, 11) is 0. The van der Waals surface area contributed by atoms with E-state index >= 15 is 0 Å². The molecule has 2 aromatic heterocycles. The summed E-state index contributed by atoms with van der Waals surface area (Å²) < 4.78 is 1.85. The number of fused-ring (bicyclic) bond motifs is 1. The molecule has 0 spiro atoms. The van der Waals surface area contributed by atoms with Crippen molar-refractivity contribution in [1.29, 1.82) is 0 Å². The van der Waals surface area contributed by atoms with Crippen LogP contribution in [0.15, 0.2) is 16.9 Å². The molecule has 0 aliphatic heterocycles. The van der Waals surface area contributed by atoms with Crippen LogP contribution >= 0.6 is 15.9 Å². The summed E-state index contributed by atoms with van der Waals surface area (Å²) in [6.07, 6.45) is 3.38. The Hall–Kier alpha value is -1.43. The second-order valence-corrected chi connectivity index (χ2v) is 3.66. The van der Waals surface area contributed by atoms with Gasteiger partial charge in [0.05, 0.1) is 4.47 Å². The smallest absolute Gasteiger partial charge is 0.357 e. The molecule has 1 N–H and O–H groups in total. The van der Waals surface area contributed by atoms with E-state index in [1.807, 2.05) is 6.92 Å². The molecule has 14 heavy (non-hydrogen) atoms. The van der Waals surface area contributed by atoms with E-state index in [1.165, 1.54) is 4.52 Å². The number of halogens is 1. The molecule has 0 bridgehead atoms. The minimum Gasteiger partial charge on any atom is -0.476 e. The van der Waals surface area contributed by atoms with E-state index in [9.17, 15) is 4.79 Å². The molecule has 0 saturated carbocycles. The molecule has 2 rings (SSSR count). The van der Waals surface area contributed by atoms with Gasteiger partial charge >= 0.3 is 5.97 Å². The van der Waals surface area contributed by atoms with Crippen molar-refractivity contribution in [2.75, 3.05) is 0 Å². The Balaban J connectivity index is 2.79. The number of hydrogen-bond acceptors (Lipinski definition) is 3. The lowest BCUT2D eigenvalue weighted by atomic mass is 10.4. The summed E-state index contributed by atoms with van der Waals surface area (Å²) in [4.78, 5) is 14.8. The van der Waals surface area contributed by atoms with Gasteiger partial charge in [0, 0.05) is 12.4 Å². The highest BCUT2D eigenvalue weighted by Crippen LogP contribution is 2.20. The maximum atomic E-state index is 10.7. The minimum absolute atomic E-state index is 0.0249. The molecule has 0 aliphatic rings. The third-order valence-electron chi connectivity index (χ3n) is 1.75. The highest BCUT2D eigenvalue weighted by Gasteiger charge is 2.16. The van der Waals surface area contributed by atoms with Crippen LogP contribution < -0.4 is 0 Å². The zero-order valence-electron chi connectivity index (χ0n) is 7.23. The molecule has 0 radical (unpaired) electrons. The van der Waals surface area contributed by atoms with E-state index in [4.69, 9.17) is 5.11 Å². The van der Waals surface area contributed by atoms with E-state index in [2.05, 4.69) is 26.0 Å². The molecule has 5 nitrogen and oxygen atoms in total. The fraction of sp³-hybridized carbons (Fsp3) is 0.125. The quantitative estimate of drug-likeness (QED) is 0.839. The molecule has 2 aromatic rings. The highest BCUT2D eigenvalue weighted by atomic mass is 79.9. The molecule has 0 amide bonds. The van der Waals surface area contributed by atoms with Crippen LogP contribution in [0.4, 0.5) is 0 Å². The number of rotatable bonds is 1. The Morgan fingerprint density at radius 1 is 1.64 bits per heavy atom. The molecule has 0 saturated heterocycles. The molecule has 0 atom stereocenters. The third kappa shape index (κ3) is 1.27. The lowest BCUT2D eigenvalue weighted by Crippen LogP contribution is -1.98. The normalized spacial score (nSPS) is 10.7. The average Bonchev–Trinajstić information content (AvgIpc) is 2.43. The number of aromatic carboxylic acids is 1. The number of aryl methyl sites for hydroxylation is 1. The van der Waals surface area contributed by atoms with Crippen molar-refractivity contribution in [3.8, 4) is 0 Å². The van der Waals surface area contributed by atoms with E-state index in [-0.39, 0.29) is 5.69 Å².